The van der Waals surface area contributed by atoms with E-state index in [1.165, 1.54) is 6.26 Å². The molecule has 1 aliphatic rings. The van der Waals surface area contributed by atoms with E-state index in [2.05, 4.69) is 35.2 Å². The molecule has 2 rings (SSSR count). The van der Waals surface area contributed by atoms with Crippen molar-refractivity contribution in [1.29, 1.82) is 0 Å². The Morgan fingerprint density at radius 2 is 1.84 bits per heavy atom. The average molecular weight is 364 g/mol. The van der Waals surface area contributed by atoms with Crippen LogP contribution in [0.15, 0.2) is 24.3 Å². The van der Waals surface area contributed by atoms with Crippen LogP contribution in [0.1, 0.15) is 39.2 Å². The molecule has 138 valence electrons. The van der Waals surface area contributed by atoms with E-state index in [4.69, 9.17) is 6.57 Å². The largest absolute Gasteiger partial charge is 0.316 e. The molecule has 0 aliphatic carbocycles. The minimum absolute atomic E-state index is 0.0653. The summed E-state index contributed by atoms with van der Waals surface area (Å²) in [6, 6.07) is 7.55. The molecule has 0 bridgehead atoms. The van der Waals surface area contributed by atoms with E-state index in [0.717, 1.165) is 38.0 Å². The van der Waals surface area contributed by atoms with Crippen molar-refractivity contribution in [2.24, 2.45) is 10.8 Å². The molecular weight excluding hydrogens is 334 g/mol. The van der Waals surface area contributed by atoms with E-state index < -0.39 is 10.0 Å². The lowest BCUT2D eigenvalue weighted by molar-refractivity contribution is 0.0174. The lowest BCUT2D eigenvalue weighted by atomic mass is 9.61. The standard InChI is InChI=1S/C19H29N3O2S/c1-18(2,3)19(15-20-4)10-12-22(13-11-19)14-16-8-6-7-9-17(16)21-25(5,23)24/h6-9,21H,10-15H2,1-3,5H3. The summed E-state index contributed by atoms with van der Waals surface area (Å²) < 4.78 is 25.7. The van der Waals surface area contributed by atoms with Crippen molar-refractivity contribution in [3.8, 4) is 0 Å². The molecule has 6 heteroatoms. The highest BCUT2D eigenvalue weighted by atomic mass is 32.2. The van der Waals surface area contributed by atoms with Gasteiger partial charge in [-0.05, 0) is 43.0 Å². The Balaban J connectivity index is 2.09. The molecular formula is C19H29N3O2S. The van der Waals surface area contributed by atoms with Crippen molar-refractivity contribution in [3.05, 3.63) is 41.2 Å². The fraction of sp³-hybridized carbons (Fsp3) is 0.632. The highest BCUT2D eigenvalue weighted by Gasteiger charge is 2.46. The number of piperidine rings is 1. The van der Waals surface area contributed by atoms with Crippen molar-refractivity contribution in [2.75, 3.05) is 30.6 Å². The van der Waals surface area contributed by atoms with Gasteiger partial charge in [0, 0.05) is 12.0 Å². The summed E-state index contributed by atoms with van der Waals surface area (Å²) in [4.78, 5) is 6.07. The monoisotopic (exact) mass is 363 g/mol. The number of hydrogen-bond donors (Lipinski definition) is 1. The van der Waals surface area contributed by atoms with Crippen LogP contribution in [0, 0.1) is 17.4 Å². The Hall–Kier alpha value is -1.58. The van der Waals surface area contributed by atoms with E-state index in [1.54, 1.807) is 6.07 Å². The normalized spacial score (nSPS) is 18.5. The van der Waals surface area contributed by atoms with Gasteiger partial charge in [-0.3, -0.25) is 9.62 Å². The van der Waals surface area contributed by atoms with E-state index >= 15 is 0 Å². The summed E-state index contributed by atoms with van der Waals surface area (Å²) in [5, 5.41) is 0. The van der Waals surface area contributed by atoms with Gasteiger partial charge >= 0.3 is 0 Å². The van der Waals surface area contributed by atoms with E-state index in [0.29, 0.717) is 12.2 Å². The first-order valence-corrected chi connectivity index (χ1v) is 10.6. The molecule has 0 aromatic heterocycles. The first kappa shape index (κ1) is 19.7. The van der Waals surface area contributed by atoms with Crippen molar-refractivity contribution in [1.82, 2.24) is 4.90 Å². The van der Waals surface area contributed by atoms with Gasteiger partial charge in [-0.15, -0.1) is 0 Å². The van der Waals surface area contributed by atoms with Crippen LogP contribution in [0.5, 0.6) is 0 Å². The molecule has 0 radical (unpaired) electrons. The smallest absolute Gasteiger partial charge is 0.229 e. The lowest BCUT2D eigenvalue weighted by Gasteiger charge is -2.46. The van der Waals surface area contributed by atoms with Gasteiger partial charge in [0.2, 0.25) is 16.6 Å². The third-order valence-corrected chi connectivity index (χ3v) is 6.08. The van der Waals surface area contributed by atoms with Crippen LogP contribution in [0.3, 0.4) is 0 Å². The van der Waals surface area contributed by atoms with Crippen molar-refractivity contribution in [2.45, 2.75) is 40.2 Å². The number of sulfonamides is 1. The van der Waals surface area contributed by atoms with Crippen LogP contribution in [0.25, 0.3) is 4.85 Å². The Kier molecular flexibility index (Phi) is 5.80. The predicted molar refractivity (Wildman–Crippen MR) is 103 cm³/mol. The van der Waals surface area contributed by atoms with Crippen molar-refractivity contribution >= 4 is 15.7 Å². The van der Waals surface area contributed by atoms with Gasteiger partial charge < -0.3 is 4.85 Å². The zero-order valence-electron chi connectivity index (χ0n) is 15.7. The molecule has 1 heterocycles. The molecule has 0 spiro atoms. The molecule has 1 aromatic carbocycles. The fourth-order valence-corrected chi connectivity index (χ4v) is 4.23. The Morgan fingerprint density at radius 1 is 1.24 bits per heavy atom. The van der Waals surface area contributed by atoms with E-state index in [-0.39, 0.29) is 10.8 Å². The van der Waals surface area contributed by atoms with Crippen LogP contribution in [0.4, 0.5) is 5.69 Å². The number of nitrogens with one attached hydrogen (secondary N) is 1. The molecule has 0 atom stereocenters. The van der Waals surface area contributed by atoms with E-state index in [9.17, 15) is 8.42 Å². The highest BCUT2D eigenvalue weighted by Crippen LogP contribution is 2.47. The second-order valence-corrected chi connectivity index (χ2v) is 9.90. The SMILES string of the molecule is [C-]#[N+]CC1(C(C)(C)C)CCN(Cc2ccccc2NS(C)(=O)=O)CC1. The van der Waals surface area contributed by atoms with Crippen molar-refractivity contribution in [3.63, 3.8) is 0 Å². The summed E-state index contributed by atoms with van der Waals surface area (Å²) in [5.41, 5.74) is 1.81. The molecule has 25 heavy (non-hydrogen) atoms. The van der Waals surface area contributed by atoms with Crippen LogP contribution in [-0.4, -0.2) is 39.2 Å². The number of anilines is 1. The zero-order valence-corrected chi connectivity index (χ0v) is 16.5. The second kappa shape index (κ2) is 7.35. The lowest BCUT2D eigenvalue weighted by Crippen LogP contribution is -2.48. The van der Waals surface area contributed by atoms with Gasteiger partial charge in [-0.2, -0.15) is 0 Å². The molecule has 0 amide bonds. The number of likely N-dealkylation sites (tertiary alicyclic amines) is 1. The molecule has 1 aliphatic heterocycles. The minimum Gasteiger partial charge on any atom is -0.316 e. The molecule has 0 saturated carbocycles. The maximum atomic E-state index is 11.6. The Labute approximate surface area is 152 Å². The summed E-state index contributed by atoms with van der Waals surface area (Å²) in [6.45, 7) is 17.2. The van der Waals surface area contributed by atoms with Crippen LogP contribution in [-0.2, 0) is 16.6 Å². The maximum absolute atomic E-state index is 11.6. The molecule has 1 N–H and O–H groups in total. The second-order valence-electron chi connectivity index (χ2n) is 8.15. The zero-order chi connectivity index (χ0) is 18.7. The third-order valence-electron chi connectivity index (χ3n) is 5.49. The summed E-state index contributed by atoms with van der Waals surface area (Å²) in [7, 11) is -3.29. The average Bonchev–Trinajstić information content (AvgIpc) is 2.49. The Morgan fingerprint density at radius 3 is 2.36 bits per heavy atom. The predicted octanol–water partition coefficient (Wildman–Crippen LogP) is 3.61. The van der Waals surface area contributed by atoms with Crippen LogP contribution in [0.2, 0.25) is 0 Å². The number of benzene rings is 1. The number of para-hydroxylation sites is 1. The van der Waals surface area contributed by atoms with Gasteiger partial charge in [0.05, 0.1) is 11.9 Å². The quantitative estimate of drug-likeness (QED) is 0.813. The van der Waals surface area contributed by atoms with E-state index in [1.807, 2.05) is 18.2 Å². The first-order valence-electron chi connectivity index (χ1n) is 8.68. The van der Waals surface area contributed by atoms with Gasteiger partial charge in [0.15, 0.2) is 0 Å². The third kappa shape index (κ3) is 4.96. The van der Waals surface area contributed by atoms with Crippen molar-refractivity contribution < 1.29 is 8.42 Å². The summed E-state index contributed by atoms with van der Waals surface area (Å²) in [5.74, 6) is 0. The fourth-order valence-electron chi connectivity index (χ4n) is 3.63. The van der Waals surface area contributed by atoms with Gasteiger partial charge in [-0.1, -0.05) is 39.0 Å². The summed E-state index contributed by atoms with van der Waals surface area (Å²) in [6.07, 6.45) is 3.17. The van der Waals surface area contributed by atoms with Gasteiger partial charge in [0.1, 0.15) is 0 Å². The minimum atomic E-state index is -3.29. The Bertz CT molecular complexity index is 737. The van der Waals surface area contributed by atoms with Gasteiger partial charge in [-0.25, -0.2) is 15.0 Å². The molecule has 1 saturated heterocycles. The molecule has 5 nitrogen and oxygen atoms in total. The summed E-state index contributed by atoms with van der Waals surface area (Å²) >= 11 is 0. The maximum Gasteiger partial charge on any atom is 0.229 e. The van der Waals surface area contributed by atoms with Gasteiger partial charge in [0.25, 0.3) is 0 Å². The number of rotatable bonds is 5. The number of nitrogens with zero attached hydrogens (tertiary/aromatic N) is 2. The topological polar surface area (TPSA) is 53.8 Å². The molecule has 0 unspecified atom stereocenters. The molecule has 1 fully saturated rings. The van der Waals surface area contributed by atoms with Crippen LogP contribution < -0.4 is 4.72 Å². The first-order chi connectivity index (χ1) is 11.6. The number of hydrogen-bond acceptors (Lipinski definition) is 3. The highest BCUT2D eigenvalue weighted by molar-refractivity contribution is 7.92. The molecule has 1 aromatic rings. The van der Waals surface area contributed by atoms with Crippen LogP contribution >= 0.6 is 0 Å².